The number of rotatable bonds is 5. The second-order valence-electron chi connectivity index (χ2n) is 4.80. The van der Waals surface area contributed by atoms with Gasteiger partial charge in [0.25, 0.3) is 0 Å². The van der Waals surface area contributed by atoms with E-state index in [2.05, 4.69) is 10.4 Å². The van der Waals surface area contributed by atoms with Gasteiger partial charge in [-0.15, -0.1) is 0 Å². The van der Waals surface area contributed by atoms with E-state index in [1.165, 1.54) is 0 Å². The third-order valence-electron chi connectivity index (χ3n) is 2.83. The number of nitrogens with two attached hydrogens (primary N) is 1. The van der Waals surface area contributed by atoms with Crippen LogP contribution in [0.5, 0.6) is 0 Å². The minimum atomic E-state index is -0.426. The van der Waals surface area contributed by atoms with Crippen LogP contribution in [0.25, 0.3) is 0 Å². The molecule has 1 heterocycles. The van der Waals surface area contributed by atoms with Crippen LogP contribution in [0.2, 0.25) is 0 Å². The first-order valence-corrected chi connectivity index (χ1v) is 6.08. The van der Waals surface area contributed by atoms with Crippen molar-refractivity contribution in [1.29, 1.82) is 0 Å². The molecule has 2 atom stereocenters. The summed E-state index contributed by atoms with van der Waals surface area (Å²) in [6.07, 6.45) is 0.106. The number of hydrogen-bond donors (Lipinski definition) is 3. The van der Waals surface area contributed by atoms with Crippen molar-refractivity contribution < 1.29 is 9.90 Å². The molecule has 1 aromatic rings. The van der Waals surface area contributed by atoms with E-state index < -0.39 is 6.10 Å². The summed E-state index contributed by atoms with van der Waals surface area (Å²) in [5, 5.41) is 16.2. The van der Waals surface area contributed by atoms with Crippen LogP contribution >= 0.6 is 0 Å². The Kier molecular flexibility index (Phi) is 4.72. The summed E-state index contributed by atoms with van der Waals surface area (Å²) in [6, 6.07) is -0.0631. The molecule has 1 rings (SSSR count). The molecule has 0 saturated heterocycles. The summed E-state index contributed by atoms with van der Waals surface area (Å²) in [7, 11) is 0. The predicted molar refractivity (Wildman–Crippen MR) is 70.0 cm³/mol. The van der Waals surface area contributed by atoms with Crippen LogP contribution in [0.1, 0.15) is 31.7 Å². The Balaban J connectivity index is 2.57. The number of anilines is 1. The molecule has 2 unspecified atom stereocenters. The Labute approximate surface area is 107 Å². The van der Waals surface area contributed by atoms with Crippen LogP contribution in [-0.2, 0) is 11.3 Å². The van der Waals surface area contributed by atoms with Crippen molar-refractivity contribution in [2.45, 2.75) is 52.8 Å². The quantitative estimate of drug-likeness (QED) is 0.707. The zero-order valence-corrected chi connectivity index (χ0v) is 11.4. The minimum Gasteiger partial charge on any atom is -0.396 e. The van der Waals surface area contributed by atoms with Crippen LogP contribution in [0, 0.1) is 13.8 Å². The number of amides is 1. The van der Waals surface area contributed by atoms with Crippen molar-refractivity contribution in [2.24, 2.45) is 0 Å². The van der Waals surface area contributed by atoms with E-state index in [1.807, 2.05) is 20.8 Å². The predicted octanol–water partition coefficient (Wildman–Crippen LogP) is 0.358. The lowest BCUT2D eigenvalue weighted by molar-refractivity contribution is -0.122. The Hall–Kier alpha value is -1.56. The van der Waals surface area contributed by atoms with E-state index in [4.69, 9.17) is 5.73 Å². The third kappa shape index (κ3) is 3.73. The van der Waals surface area contributed by atoms with Crippen LogP contribution < -0.4 is 11.1 Å². The summed E-state index contributed by atoms with van der Waals surface area (Å²) in [6.45, 7) is 7.35. The number of aromatic nitrogens is 2. The monoisotopic (exact) mass is 254 g/mol. The molecular weight excluding hydrogens is 232 g/mol. The van der Waals surface area contributed by atoms with E-state index in [9.17, 15) is 9.90 Å². The standard InChI is InChI=1S/C12H22N4O2/c1-7(5-8(2)17)14-11(18)6-16-10(4)12(13)9(3)15-16/h7-8,17H,5-6,13H2,1-4H3,(H,14,18). The van der Waals surface area contributed by atoms with E-state index in [1.54, 1.807) is 11.6 Å². The molecule has 0 fully saturated rings. The maximum absolute atomic E-state index is 11.8. The minimum absolute atomic E-state index is 0.0631. The summed E-state index contributed by atoms with van der Waals surface area (Å²) >= 11 is 0. The molecule has 0 radical (unpaired) electrons. The first kappa shape index (κ1) is 14.5. The van der Waals surface area contributed by atoms with Gasteiger partial charge in [-0.3, -0.25) is 9.48 Å². The second-order valence-corrected chi connectivity index (χ2v) is 4.80. The SMILES string of the molecule is Cc1nn(CC(=O)NC(C)CC(C)O)c(C)c1N. The summed E-state index contributed by atoms with van der Waals surface area (Å²) in [5.74, 6) is -0.131. The molecule has 0 aliphatic heterocycles. The number of nitrogen functional groups attached to an aromatic ring is 1. The smallest absolute Gasteiger partial charge is 0.241 e. The molecule has 0 aromatic carbocycles. The summed E-state index contributed by atoms with van der Waals surface area (Å²) in [5.41, 5.74) is 7.95. The van der Waals surface area contributed by atoms with Crippen molar-refractivity contribution in [3.63, 3.8) is 0 Å². The molecule has 6 heteroatoms. The number of carbonyl (C=O) groups is 1. The lowest BCUT2D eigenvalue weighted by Crippen LogP contribution is -2.37. The zero-order chi connectivity index (χ0) is 13.9. The van der Waals surface area contributed by atoms with Gasteiger partial charge in [0.2, 0.25) is 5.91 Å². The number of aliphatic hydroxyl groups excluding tert-OH is 1. The molecule has 0 bridgehead atoms. The van der Waals surface area contributed by atoms with Gasteiger partial charge in [-0.05, 0) is 34.1 Å². The molecule has 0 saturated carbocycles. The Morgan fingerprint density at radius 3 is 2.56 bits per heavy atom. The van der Waals surface area contributed by atoms with Crippen LogP contribution in [-0.4, -0.2) is 32.9 Å². The van der Waals surface area contributed by atoms with Crippen LogP contribution in [0.15, 0.2) is 0 Å². The normalized spacial score (nSPS) is 14.3. The van der Waals surface area contributed by atoms with Gasteiger partial charge in [-0.2, -0.15) is 5.10 Å². The fourth-order valence-corrected chi connectivity index (χ4v) is 1.89. The number of aryl methyl sites for hydroxylation is 1. The maximum Gasteiger partial charge on any atom is 0.241 e. The zero-order valence-electron chi connectivity index (χ0n) is 11.4. The molecule has 0 spiro atoms. The number of aliphatic hydroxyl groups is 1. The van der Waals surface area contributed by atoms with Gasteiger partial charge in [0.15, 0.2) is 0 Å². The molecule has 1 amide bonds. The number of nitrogens with zero attached hydrogens (tertiary/aromatic N) is 2. The highest BCUT2D eigenvalue weighted by molar-refractivity contribution is 5.76. The van der Waals surface area contributed by atoms with Crippen molar-refractivity contribution >= 4 is 11.6 Å². The Bertz CT molecular complexity index is 426. The lowest BCUT2D eigenvalue weighted by Gasteiger charge is -2.15. The highest BCUT2D eigenvalue weighted by atomic mass is 16.3. The van der Waals surface area contributed by atoms with Gasteiger partial charge in [-0.25, -0.2) is 0 Å². The Morgan fingerprint density at radius 2 is 2.11 bits per heavy atom. The highest BCUT2D eigenvalue weighted by Gasteiger charge is 2.13. The van der Waals surface area contributed by atoms with Gasteiger partial charge in [-0.1, -0.05) is 0 Å². The van der Waals surface area contributed by atoms with Gasteiger partial charge in [0.05, 0.1) is 23.2 Å². The molecular formula is C12H22N4O2. The molecule has 6 nitrogen and oxygen atoms in total. The first-order chi connectivity index (χ1) is 8.31. The number of nitrogens with one attached hydrogen (secondary N) is 1. The number of carbonyl (C=O) groups excluding carboxylic acids is 1. The number of hydrogen-bond acceptors (Lipinski definition) is 4. The Morgan fingerprint density at radius 1 is 1.50 bits per heavy atom. The highest BCUT2D eigenvalue weighted by Crippen LogP contribution is 2.14. The van der Waals surface area contributed by atoms with E-state index in [0.717, 1.165) is 11.4 Å². The van der Waals surface area contributed by atoms with Crippen molar-refractivity contribution in [3.05, 3.63) is 11.4 Å². The largest absolute Gasteiger partial charge is 0.396 e. The molecule has 18 heavy (non-hydrogen) atoms. The van der Waals surface area contributed by atoms with Crippen molar-refractivity contribution in [3.8, 4) is 0 Å². The van der Waals surface area contributed by atoms with Gasteiger partial charge in [0.1, 0.15) is 6.54 Å². The first-order valence-electron chi connectivity index (χ1n) is 6.08. The van der Waals surface area contributed by atoms with E-state index in [-0.39, 0.29) is 18.5 Å². The summed E-state index contributed by atoms with van der Waals surface area (Å²) in [4.78, 5) is 11.8. The van der Waals surface area contributed by atoms with Gasteiger partial charge >= 0.3 is 0 Å². The van der Waals surface area contributed by atoms with Crippen LogP contribution in [0.3, 0.4) is 0 Å². The molecule has 102 valence electrons. The fraction of sp³-hybridized carbons (Fsp3) is 0.667. The molecule has 4 N–H and O–H groups in total. The topological polar surface area (TPSA) is 93.2 Å². The average molecular weight is 254 g/mol. The molecule has 0 aliphatic rings. The average Bonchev–Trinajstić information content (AvgIpc) is 2.44. The maximum atomic E-state index is 11.8. The van der Waals surface area contributed by atoms with Crippen molar-refractivity contribution in [1.82, 2.24) is 15.1 Å². The van der Waals surface area contributed by atoms with Gasteiger partial charge < -0.3 is 16.2 Å². The molecule has 0 aliphatic carbocycles. The van der Waals surface area contributed by atoms with E-state index >= 15 is 0 Å². The summed E-state index contributed by atoms with van der Waals surface area (Å²) < 4.78 is 1.59. The lowest BCUT2D eigenvalue weighted by atomic mass is 10.1. The second kappa shape index (κ2) is 5.86. The molecule has 1 aromatic heterocycles. The van der Waals surface area contributed by atoms with Crippen molar-refractivity contribution in [2.75, 3.05) is 5.73 Å². The van der Waals surface area contributed by atoms with Gasteiger partial charge in [0, 0.05) is 6.04 Å². The third-order valence-corrected chi connectivity index (χ3v) is 2.83. The van der Waals surface area contributed by atoms with Crippen LogP contribution in [0.4, 0.5) is 5.69 Å². The fourth-order valence-electron chi connectivity index (χ4n) is 1.89. The van der Waals surface area contributed by atoms with E-state index in [0.29, 0.717) is 12.1 Å².